The maximum atomic E-state index is 13.2. The van der Waals surface area contributed by atoms with E-state index in [2.05, 4.69) is 5.32 Å². The molecule has 0 saturated carbocycles. The molecule has 6 heteroatoms. The van der Waals surface area contributed by atoms with Crippen molar-refractivity contribution in [3.63, 3.8) is 0 Å². The first-order valence-corrected chi connectivity index (χ1v) is 9.66. The van der Waals surface area contributed by atoms with E-state index in [0.29, 0.717) is 5.56 Å². The Morgan fingerprint density at radius 2 is 1.48 bits per heavy atom. The fraction of sp³-hybridized carbons (Fsp3) is 0.211. The molecule has 0 unspecified atom stereocenters. The van der Waals surface area contributed by atoms with Crippen LogP contribution in [0.25, 0.3) is 6.08 Å². The van der Waals surface area contributed by atoms with Gasteiger partial charge in [-0.3, -0.25) is 9.36 Å². The van der Waals surface area contributed by atoms with Gasteiger partial charge in [-0.25, -0.2) is 0 Å². The maximum Gasteiger partial charge on any atom is 0.377 e. The minimum atomic E-state index is -3.64. The maximum absolute atomic E-state index is 13.2. The summed E-state index contributed by atoms with van der Waals surface area (Å²) in [5.74, 6) is -0.373. The number of hydrogen-bond donors (Lipinski definition) is 1. The molecule has 0 bridgehead atoms. The third kappa shape index (κ3) is 5.40. The Balaban J connectivity index is 2.40. The molecule has 0 aliphatic heterocycles. The molecule has 0 spiro atoms. The highest BCUT2D eigenvalue weighted by Gasteiger charge is 2.31. The van der Waals surface area contributed by atoms with Gasteiger partial charge in [-0.15, -0.1) is 0 Å². The molecular formula is C19H22NO4P. The molecule has 0 aliphatic rings. The molecule has 0 aliphatic carbocycles. The van der Waals surface area contributed by atoms with Crippen molar-refractivity contribution in [2.75, 3.05) is 13.2 Å². The molecule has 1 amide bonds. The van der Waals surface area contributed by atoms with Crippen LogP contribution < -0.4 is 5.32 Å². The highest BCUT2D eigenvalue weighted by molar-refractivity contribution is 7.58. The van der Waals surface area contributed by atoms with Gasteiger partial charge in [0, 0.05) is 5.56 Å². The lowest BCUT2D eigenvalue weighted by atomic mass is 10.2. The van der Waals surface area contributed by atoms with Gasteiger partial charge in [-0.05, 0) is 37.6 Å². The van der Waals surface area contributed by atoms with Crippen LogP contribution >= 0.6 is 7.60 Å². The number of rotatable bonds is 8. The Morgan fingerprint density at radius 1 is 0.960 bits per heavy atom. The molecule has 2 aromatic carbocycles. The molecule has 2 rings (SSSR count). The number of hydrogen-bond acceptors (Lipinski definition) is 4. The molecule has 0 radical (unpaired) electrons. The van der Waals surface area contributed by atoms with Crippen molar-refractivity contribution in [3.8, 4) is 0 Å². The average molecular weight is 359 g/mol. The van der Waals surface area contributed by atoms with E-state index in [-0.39, 0.29) is 24.6 Å². The highest BCUT2D eigenvalue weighted by atomic mass is 31.2. The first-order chi connectivity index (χ1) is 12.1. The molecule has 0 heterocycles. The molecule has 0 aromatic heterocycles. The van der Waals surface area contributed by atoms with Crippen LogP contribution in [0, 0.1) is 0 Å². The van der Waals surface area contributed by atoms with Gasteiger partial charge in [0.1, 0.15) is 5.44 Å². The molecule has 25 heavy (non-hydrogen) atoms. The van der Waals surface area contributed by atoms with Crippen LogP contribution in [0.15, 0.2) is 66.1 Å². The normalized spacial score (nSPS) is 12.0. The van der Waals surface area contributed by atoms with Crippen molar-refractivity contribution in [3.05, 3.63) is 77.2 Å². The molecule has 0 saturated heterocycles. The first kappa shape index (κ1) is 19.1. The topological polar surface area (TPSA) is 64.6 Å². The van der Waals surface area contributed by atoms with Crippen LogP contribution in [0.5, 0.6) is 0 Å². The largest absolute Gasteiger partial charge is 0.377 e. The first-order valence-electron chi connectivity index (χ1n) is 8.12. The second kappa shape index (κ2) is 9.33. The zero-order valence-corrected chi connectivity index (χ0v) is 15.2. The summed E-state index contributed by atoms with van der Waals surface area (Å²) in [4.78, 5) is 12.5. The second-order valence-corrected chi connectivity index (χ2v) is 7.09. The Bertz CT molecular complexity index is 750. The summed E-state index contributed by atoms with van der Waals surface area (Å²) in [6.07, 6.45) is 1.62. The van der Waals surface area contributed by atoms with Gasteiger partial charge in [0.2, 0.25) is 0 Å². The van der Waals surface area contributed by atoms with E-state index in [4.69, 9.17) is 9.05 Å². The van der Waals surface area contributed by atoms with Gasteiger partial charge in [0.15, 0.2) is 0 Å². The standard InChI is InChI=1S/C19H22NO4P/c1-3-23-25(22,24-4-2)18(15-16-11-7-5-8-12-16)20-19(21)17-13-9-6-10-14-17/h5-15H,3-4H2,1-2H3,(H,20,21)/b18-15-. The van der Waals surface area contributed by atoms with Gasteiger partial charge in [0.05, 0.1) is 13.2 Å². The van der Waals surface area contributed by atoms with Crippen LogP contribution in [0.3, 0.4) is 0 Å². The Morgan fingerprint density at radius 3 is 2.00 bits per heavy atom. The van der Waals surface area contributed by atoms with Crippen molar-refractivity contribution in [1.29, 1.82) is 0 Å². The van der Waals surface area contributed by atoms with Crippen molar-refractivity contribution in [1.82, 2.24) is 5.32 Å². The van der Waals surface area contributed by atoms with Crippen molar-refractivity contribution < 1.29 is 18.4 Å². The van der Waals surface area contributed by atoms with E-state index in [1.54, 1.807) is 44.2 Å². The highest BCUT2D eigenvalue weighted by Crippen LogP contribution is 2.55. The summed E-state index contributed by atoms with van der Waals surface area (Å²) in [7, 11) is -3.64. The zero-order chi connectivity index (χ0) is 18.1. The lowest BCUT2D eigenvalue weighted by Gasteiger charge is -2.20. The Kier molecular flexibility index (Phi) is 7.14. The minimum absolute atomic E-state index is 0.122. The van der Waals surface area contributed by atoms with Crippen LogP contribution in [0.2, 0.25) is 0 Å². The van der Waals surface area contributed by atoms with E-state index in [1.165, 1.54) is 0 Å². The predicted octanol–water partition coefficient (Wildman–Crippen LogP) is 4.68. The Labute approximate surface area is 148 Å². The smallest absolute Gasteiger partial charge is 0.315 e. The fourth-order valence-corrected chi connectivity index (χ4v) is 3.76. The number of carbonyl (C=O) groups excluding carboxylic acids is 1. The van der Waals surface area contributed by atoms with Crippen LogP contribution in [-0.2, 0) is 13.6 Å². The summed E-state index contributed by atoms with van der Waals surface area (Å²) in [5, 5.41) is 2.70. The monoisotopic (exact) mass is 359 g/mol. The van der Waals surface area contributed by atoms with Gasteiger partial charge in [0.25, 0.3) is 5.91 Å². The van der Waals surface area contributed by atoms with E-state index < -0.39 is 7.60 Å². The van der Waals surface area contributed by atoms with Crippen LogP contribution in [-0.4, -0.2) is 19.1 Å². The third-order valence-corrected chi connectivity index (χ3v) is 5.30. The SMILES string of the molecule is CCOP(=O)(OCC)/C(=C\c1ccccc1)NC(=O)c1ccccc1. The molecule has 0 atom stereocenters. The van der Waals surface area contributed by atoms with Gasteiger partial charge in [-0.2, -0.15) is 0 Å². The summed E-state index contributed by atoms with van der Waals surface area (Å²) in [6.45, 7) is 3.85. The van der Waals surface area contributed by atoms with Crippen LogP contribution in [0.4, 0.5) is 0 Å². The summed E-state index contributed by atoms with van der Waals surface area (Å²) >= 11 is 0. The van der Waals surface area contributed by atoms with Gasteiger partial charge >= 0.3 is 7.60 Å². The van der Waals surface area contributed by atoms with Crippen molar-refractivity contribution in [2.24, 2.45) is 0 Å². The Hall–Kier alpha value is -2.20. The van der Waals surface area contributed by atoms with E-state index in [1.807, 2.05) is 36.4 Å². The molecule has 5 nitrogen and oxygen atoms in total. The van der Waals surface area contributed by atoms with Crippen molar-refractivity contribution in [2.45, 2.75) is 13.8 Å². The fourth-order valence-electron chi connectivity index (χ4n) is 2.19. The molecular weight excluding hydrogens is 337 g/mol. The van der Waals surface area contributed by atoms with Gasteiger partial charge < -0.3 is 14.4 Å². The van der Waals surface area contributed by atoms with Crippen molar-refractivity contribution >= 4 is 19.6 Å². The van der Waals surface area contributed by atoms with E-state index >= 15 is 0 Å². The summed E-state index contributed by atoms with van der Waals surface area (Å²) in [5.41, 5.74) is 1.36. The zero-order valence-electron chi connectivity index (χ0n) is 14.3. The minimum Gasteiger partial charge on any atom is -0.315 e. The summed E-state index contributed by atoms with van der Waals surface area (Å²) in [6, 6.07) is 18.0. The van der Waals surface area contributed by atoms with E-state index in [9.17, 15) is 9.36 Å². The predicted molar refractivity (Wildman–Crippen MR) is 99.2 cm³/mol. The molecule has 0 fully saturated rings. The molecule has 2 aromatic rings. The number of benzene rings is 2. The van der Waals surface area contributed by atoms with E-state index in [0.717, 1.165) is 5.56 Å². The third-order valence-electron chi connectivity index (χ3n) is 3.27. The summed E-state index contributed by atoms with van der Waals surface area (Å²) < 4.78 is 23.9. The molecule has 1 N–H and O–H groups in total. The van der Waals surface area contributed by atoms with Crippen LogP contribution in [0.1, 0.15) is 29.8 Å². The second-order valence-electron chi connectivity index (χ2n) is 5.09. The number of nitrogens with one attached hydrogen (secondary N) is 1. The number of carbonyl (C=O) groups is 1. The average Bonchev–Trinajstić information content (AvgIpc) is 2.63. The van der Waals surface area contributed by atoms with Gasteiger partial charge in [-0.1, -0.05) is 48.5 Å². The molecule has 132 valence electrons. The quantitative estimate of drug-likeness (QED) is 0.695. The lowest BCUT2D eigenvalue weighted by molar-refractivity contribution is 0.0965. The number of amides is 1. The lowest BCUT2D eigenvalue weighted by Crippen LogP contribution is -2.24.